The molecule has 1 N–H and O–H groups in total. The van der Waals surface area contributed by atoms with Crippen LogP contribution >= 0.6 is 23.2 Å². The van der Waals surface area contributed by atoms with Gasteiger partial charge in [0.15, 0.2) is 5.37 Å². The number of sulfone groups is 1. The lowest BCUT2D eigenvalue weighted by Crippen LogP contribution is -2.28. The predicted molar refractivity (Wildman–Crippen MR) is 86.8 cm³/mol. The van der Waals surface area contributed by atoms with Crippen molar-refractivity contribution in [1.29, 1.82) is 0 Å². The van der Waals surface area contributed by atoms with Gasteiger partial charge in [0, 0.05) is 15.6 Å². The summed E-state index contributed by atoms with van der Waals surface area (Å²) in [6.45, 7) is 1.85. The SMILES string of the molecule is Cc1ccc(S(=O)(=O)C(NC=O)c2ccc(Cl)cc2Cl)cc1. The molecule has 7 heteroatoms. The molecule has 0 aromatic heterocycles. The highest BCUT2D eigenvalue weighted by atomic mass is 35.5. The Labute approximate surface area is 139 Å². The van der Waals surface area contributed by atoms with Crippen LogP contribution in [-0.2, 0) is 14.6 Å². The van der Waals surface area contributed by atoms with Crippen molar-refractivity contribution in [1.82, 2.24) is 5.32 Å². The minimum absolute atomic E-state index is 0.100. The van der Waals surface area contributed by atoms with Crippen LogP contribution in [0, 0.1) is 6.92 Å². The van der Waals surface area contributed by atoms with E-state index in [0.29, 0.717) is 11.4 Å². The molecule has 2 aromatic rings. The van der Waals surface area contributed by atoms with Crippen LogP contribution in [0.2, 0.25) is 10.0 Å². The molecule has 2 rings (SSSR count). The van der Waals surface area contributed by atoms with Crippen molar-refractivity contribution in [2.45, 2.75) is 17.2 Å². The summed E-state index contributed by atoms with van der Waals surface area (Å²) in [5.41, 5.74) is 1.20. The molecule has 4 nitrogen and oxygen atoms in total. The lowest BCUT2D eigenvalue weighted by Gasteiger charge is -2.19. The minimum atomic E-state index is -3.84. The summed E-state index contributed by atoms with van der Waals surface area (Å²) < 4.78 is 25.5. The van der Waals surface area contributed by atoms with E-state index in [4.69, 9.17) is 23.2 Å². The summed E-state index contributed by atoms with van der Waals surface area (Å²) in [5.74, 6) is 0. The van der Waals surface area contributed by atoms with Crippen LogP contribution in [0.4, 0.5) is 0 Å². The Morgan fingerprint density at radius 2 is 1.73 bits per heavy atom. The Balaban J connectivity index is 2.55. The number of aryl methyl sites for hydroxylation is 1. The summed E-state index contributed by atoms with van der Waals surface area (Å²) in [6, 6.07) is 10.8. The summed E-state index contributed by atoms with van der Waals surface area (Å²) in [5, 5.41) is 1.59. The third-order valence-corrected chi connectivity index (χ3v) is 5.63. The van der Waals surface area contributed by atoms with Gasteiger partial charge in [0.2, 0.25) is 16.2 Å². The van der Waals surface area contributed by atoms with E-state index in [1.54, 1.807) is 12.1 Å². The fourth-order valence-corrected chi connectivity index (χ4v) is 4.13. The number of benzene rings is 2. The van der Waals surface area contributed by atoms with Gasteiger partial charge >= 0.3 is 0 Å². The molecule has 1 atom stereocenters. The van der Waals surface area contributed by atoms with Gasteiger partial charge in [-0.2, -0.15) is 0 Å². The first-order valence-electron chi connectivity index (χ1n) is 6.31. The first kappa shape index (κ1) is 16.8. The number of rotatable bonds is 5. The second-order valence-electron chi connectivity index (χ2n) is 4.69. The van der Waals surface area contributed by atoms with Gasteiger partial charge in [0.05, 0.1) is 4.90 Å². The summed E-state index contributed by atoms with van der Waals surface area (Å²) in [6.07, 6.45) is 0.335. The zero-order valence-corrected chi connectivity index (χ0v) is 13.9. The molecule has 0 fully saturated rings. The van der Waals surface area contributed by atoms with Gasteiger partial charge in [-0.05, 0) is 31.2 Å². The van der Waals surface area contributed by atoms with Crippen LogP contribution in [0.15, 0.2) is 47.4 Å². The van der Waals surface area contributed by atoms with Crippen LogP contribution in [0.5, 0.6) is 0 Å². The molecule has 0 saturated heterocycles. The fourth-order valence-electron chi connectivity index (χ4n) is 1.99. The van der Waals surface area contributed by atoms with Gasteiger partial charge < -0.3 is 5.32 Å². The number of carbonyl (C=O) groups is 1. The summed E-state index contributed by atoms with van der Waals surface area (Å²) >= 11 is 11.9. The van der Waals surface area contributed by atoms with Gasteiger partial charge in [-0.15, -0.1) is 0 Å². The molecule has 0 aliphatic rings. The second kappa shape index (κ2) is 6.69. The molecule has 1 unspecified atom stereocenters. The molecule has 0 spiro atoms. The molecule has 0 heterocycles. The van der Waals surface area contributed by atoms with Crippen LogP contribution in [0.3, 0.4) is 0 Å². The van der Waals surface area contributed by atoms with Gasteiger partial charge in [0.25, 0.3) is 0 Å². The summed E-state index contributed by atoms with van der Waals surface area (Å²) in [4.78, 5) is 11.0. The average Bonchev–Trinajstić information content (AvgIpc) is 2.46. The van der Waals surface area contributed by atoms with E-state index in [0.717, 1.165) is 5.56 Å². The van der Waals surface area contributed by atoms with E-state index in [-0.39, 0.29) is 15.5 Å². The van der Waals surface area contributed by atoms with Gasteiger partial charge in [-0.1, -0.05) is 47.0 Å². The third-order valence-electron chi connectivity index (χ3n) is 3.12. The Morgan fingerprint density at radius 1 is 1.09 bits per heavy atom. The first-order chi connectivity index (χ1) is 10.4. The predicted octanol–water partition coefficient (Wildman–Crippen LogP) is 3.52. The molecular weight excluding hydrogens is 345 g/mol. The third kappa shape index (κ3) is 3.43. The normalized spacial score (nSPS) is 12.7. The number of hydrogen-bond acceptors (Lipinski definition) is 3. The molecule has 1 amide bonds. The van der Waals surface area contributed by atoms with Crippen molar-refractivity contribution in [3.05, 3.63) is 63.6 Å². The number of amides is 1. The zero-order valence-electron chi connectivity index (χ0n) is 11.6. The van der Waals surface area contributed by atoms with E-state index in [1.165, 1.54) is 30.3 Å². The van der Waals surface area contributed by atoms with Crippen molar-refractivity contribution in [3.63, 3.8) is 0 Å². The van der Waals surface area contributed by atoms with Crippen molar-refractivity contribution in [2.24, 2.45) is 0 Å². The molecule has 0 saturated carbocycles. The highest BCUT2D eigenvalue weighted by Crippen LogP contribution is 2.32. The molecule has 0 aliphatic carbocycles. The molecule has 116 valence electrons. The molecule has 2 aromatic carbocycles. The monoisotopic (exact) mass is 357 g/mol. The van der Waals surface area contributed by atoms with Gasteiger partial charge in [-0.25, -0.2) is 8.42 Å². The molecular formula is C15H13Cl2NO3S. The molecule has 22 heavy (non-hydrogen) atoms. The maximum atomic E-state index is 12.8. The van der Waals surface area contributed by atoms with E-state index in [9.17, 15) is 13.2 Å². The highest BCUT2D eigenvalue weighted by Gasteiger charge is 2.30. The van der Waals surface area contributed by atoms with Gasteiger partial charge in [0.1, 0.15) is 0 Å². The standard InChI is InChI=1S/C15H13Cl2NO3S/c1-10-2-5-12(6-3-10)22(20,21)15(18-9-19)13-7-4-11(16)8-14(13)17/h2-9,15H,1H3,(H,18,19). The quantitative estimate of drug-likeness (QED) is 0.832. The van der Waals surface area contributed by atoms with E-state index >= 15 is 0 Å². The maximum Gasteiger partial charge on any atom is 0.208 e. The van der Waals surface area contributed by atoms with Crippen LogP contribution in [0.1, 0.15) is 16.5 Å². The highest BCUT2D eigenvalue weighted by molar-refractivity contribution is 7.91. The van der Waals surface area contributed by atoms with Crippen LogP contribution in [-0.4, -0.2) is 14.8 Å². The lowest BCUT2D eigenvalue weighted by atomic mass is 10.2. The largest absolute Gasteiger partial charge is 0.338 e. The van der Waals surface area contributed by atoms with Crippen LogP contribution < -0.4 is 5.32 Å². The lowest BCUT2D eigenvalue weighted by molar-refractivity contribution is -0.109. The Hall–Kier alpha value is -1.56. The van der Waals surface area contributed by atoms with Crippen molar-refractivity contribution in [2.75, 3.05) is 0 Å². The Bertz CT molecular complexity index is 789. The van der Waals surface area contributed by atoms with Crippen molar-refractivity contribution >= 4 is 39.4 Å². The molecule has 0 aliphatic heterocycles. The van der Waals surface area contributed by atoms with Crippen molar-refractivity contribution < 1.29 is 13.2 Å². The van der Waals surface area contributed by atoms with Gasteiger partial charge in [-0.3, -0.25) is 4.79 Å². The van der Waals surface area contributed by atoms with E-state index in [1.807, 2.05) is 6.92 Å². The first-order valence-corrected chi connectivity index (χ1v) is 8.61. The molecule has 0 radical (unpaired) electrons. The minimum Gasteiger partial charge on any atom is -0.338 e. The topological polar surface area (TPSA) is 63.2 Å². The Morgan fingerprint density at radius 3 is 2.27 bits per heavy atom. The number of halogens is 2. The van der Waals surface area contributed by atoms with E-state index < -0.39 is 15.2 Å². The van der Waals surface area contributed by atoms with Crippen molar-refractivity contribution in [3.8, 4) is 0 Å². The average molecular weight is 358 g/mol. The number of carbonyl (C=O) groups excluding carboxylic acids is 1. The summed E-state index contributed by atoms with van der Waals surface area (Å²) in [7, 11) is -3.84. The Kier molecular flexibility index (Phi) is 5.11. The molecule has 0 bridgehead atoms. The smallest absolute Gasteiger partial charge is 0.208 e. The maximum absolute atomic E-state index is 12.8. The number of hydrogen-bond donors (Lipinski definition) is 1. The van der Waals surface area contributed by atoms with Crippen LogP contribution in [0.25, 0.3) is 0 Å². The zero-order chi connectivity index (χ0) is 16.3. The van der Waals surface area contributed by atoms with E-state index in [2.05, 4.69) is 5.32 Å². The fraction of sp³-hybridized carbons (Fsp3) is 0.133. The number of nitrogens with one attached hydrogen (secondary N) is 1. The second-order valence-corrected chi connectivity index (χ2v) is 7.56.